The maximum absolute atomic E-state index is 6.11. The van der Waals surface area contributed by atoms with Gasteiger partial charge in [-0.15, -0.1) is 0 Å². The molecule has 1 saturated carbocycles. The summed E-state index contributed by atoms with van der Waals surface area (Å²) in [7, 11) is 0. The number of hydrogen-bond acceptors (Lipinski definition) is 5. The second-order valence-corrected chi connectivity index (χ2v) is 5.96. The van der Waals surface area contributed by atoms with Crippen molar-refractivity contribution in [2.24, 2.45) is 11.7 Å². The molecule has 4 nitrogen and oxygen atoms in total. The smallest absolute Gasteiger partial charge is 0.246 e. The van der Waals surface area contributed by atoms with Crippen LogP contribution in [0.2, 0.25) is 0 Å². The zero-order chi connectivity index (χ0) is 11.6. The largest absolute Gasteiger partial charge is 0.337 e. The van der Waals surface area contributed by atoms with Crippen LogP contribution in [0.5, 0.6) is 0 Å². The summed E-state index contributed by atoms with van der Waals surface area (Å²) in [4.78, 5) is 4.38. The molecule has 0 aliphatic heterocycles. The molecule has 2 rings (SSSR count). The van der Waals surface area contributed by atoms with Crippen molar-refractivity contribution in [3.63, 3.8) is 0 Å². The van der Waals surface area contributed by atoms with E-state index < -0.39 is 0 Å². The molecule has 0 radical (unpaired) electrons. The van der Waals surface area contributed by atoms with E-state index in [2.05, 4.69) is 24.0 Å². The van der Waals surface area contributed by atoms with E-state index in [0.29, 0.717) is 11.8 Å². The molecule has 1 aromatic heterocycles. The maximum atomic E-state index is 6.11. The molecule has 2 N–H and O–H groups in total. The van der Waals surface area contributed by atoms with Gasteiger partial charge in [-0.2, -0.15) is 16.7 Å². The van der Waals surface area contributed by atoms with Crippen molar-refractivity contribution in [1.82, 2.24) is 10.1 Å². The molecule has 16 heavy (non-hydrogen) atoms. The first-order valence-corrected chi connectivity index (χ1v) is 6.95. The van der Waals surface area contributed by atoms with Gasteiger partial charge >= 0.3 is 0 Å². The third-order valence-electron chi connectivity index (χ3n) is 2.82. The Morgan fingerprint density at radius 3 is 2.81 bits per heavy atom. The van der Waals surface area contributed by atoms with Crippen LogP contribution in [0.3, 0.4) is 0 Å². The van der Waals surface area contributed by atoms with Crippen molar-refractivity contribution >= 4 is 11.8 Å². The van der Waals surface area contributed by atoms with E-state index in [-0.39, 0.29) is 5.54 Å². The molecule has 0 spiro atoms. The number of aromatic nitrogens is 2. The van der Waals surface area contributed by atoms with Crippen molar-refractivity contribution < 1.29 is 4.52 Å². The topological polar surface area (TPSA) is 64.9 Å². The average Bonchev–Trinajstić information content (AvgIpc) is 2.62. The highest BCUT2D eigenvalue weighted by Gasteiger charge is 2.39. The average molecular weight is 241 g/mol. The number of hydrogen-bond donors (Lipinski definition) is 1. The van der Waals surface area contributed by atoms with Gasteiger partial charge in [0.2, 0.25) is 5.89 Å². The molecular formula is C11H19N3OS. The SMILES string of the molecule is CC(C)CSCc1noc(C2(N)CCC2)n1. The van der Waals surface area contributed by atoms with E-state index in [1.165, 1.54) is 0 Å². The van der Waals surface area contributed by atoms with E-state index in [1.54, 1.807) is 0 Å². The lowest BCUT2D eigenvalue weighted by molar-refractivity contribution is 0.181. The van der Waals surface area contributed by atoms with E-state index >= 15 is 0 Å². The molecule has 0 unspecified atom stereocenters. The zero-order valence-electron chi connectivity index (χ0n) is 9.90. The van der Waals surface area contributed by atoms with Gasteiger partial charge in [0.15, 0.2) is 5.82 Å². The minimum atomic E-state index is -0.325. The molecule has 90 valence electrons. The van der Waals surface area contributed by atoms with Crippen LogP contribution < -0.4 is 5.73 Å². The summed E-state index contributed by atoms with van der Waals surface area (Å²) < 4.78 is 5.23. The van der Waals surface area contributed by atoms with Gasteiger partial charge < -0.3 is 10.3 Å². The number of nitrogens with zero attached hydrogens (tertiary/aromatic N) is 2. The summed E-state index contributed by atoms with van der Waals surface area (Å²) in [5, 5.41) is 3.97. The van der Waals surface area contributed by atoms with Crippen LogP contribution in [0.4, 0.5) is 0 Å². The minimum absolute atomic E-state index is 0.325. The molecule has 1 aliphatic carbocycles. The molecule has 1 aliphatic rings. The first-order valence-electron chi connectivity index (χ1n) is 5.80. The Morgan fingerprint density at radius 2 is 2.25 bits per heavy atom. The number of rotatable bonds is 5. The summed E-state index contributed by atoms with van der Waals surface area (Å²) in [5.74, 6) is 4.04. The Kier molecular flexibility index (Phi) is 3.54. The van der Waals surface area contributed by atoms with E-state index in [1.807, 2.05) is 11.8 Å². The second kappa shape index (κ2) is 4.75. The number of nitrogens with two attached hydrogens (primary N) is 1. The van der Waals surface area contributed by atoms with Gasteiger partial charge in [-0.25, -0.2) is 0 Å². The Hall–Kier alpha value is -0.550. The number of thioether (sulfide) groups is 1. The molecule has 1 fully saturated rings. The Morgan fingerprint density at radius 1 is 1.50 bits per heavy atom. The molecule has 1 aromatic rings. The molecule has 5 heteroatoms. The first kappa shape index (κ1) is 11.9. The van der Waals surface area contributed by atoms with Crippen molar-refractivity contribution in [1.29, 1.82) is 0 Å². The Bertz CT molecular complexity index is 347. The van der Waals surface area contributed by atoms with Crippen LogP contribution in [0.25, 0.3) is 0 Å². The Labute approximate surface area is 100 Å². The quantitative estimate of drug-likeness (QED) is 0.857. The van der Waals surface area contributed by atoms with Gasteiger partial charge in [-0.05, 0) is 30.9 Å². The molecule has 0 atom stereocenters. The first-order chi connectivity index (χ1) is 7.60. The van der Waals surface area contributed by atoms with Gasteiger partial charge in [-0.3, -0.25) is 0 Å². The van der Waals surface area contributed by atoms with E-state index in [9.17, 15) is 0 Å². The third kappa shape index (κ3) is 2.58. The fourth-order valence-electron chi connectivity index (χ4n) is 1.67. The lowest BCUT2D eigenvalue weighted by Gasteiger charge is -2.33. The monoisotopic (exact) mass is 241 g/mol. The van der Waals surface area contributed by atoms with E-state index in [4.69, 9.17) is 10.3 Å². The minimum Gasteiger partial charge on any atom is -0.337 e. The van der Waals surface area contributed by atoms with Crippen LogP contribution in [0.15, 0.2) is 4.52 Å². The summed E-state index contributed by atoms with van der Waals surface area (Å²) in [5.41, 5.74) is 5.79. The molecule has 0 bridgehead atoms. The van der Waals surface area contributed by atoms with Gasteiger partial charge in [0.1, 0.15) is 0 Å². The molecule has 0 saturated heterocycles. The summed E-state index contributed by atoms with van der Waals surface area (Å²) in [6.07, 6.45) is 3.10. The van der Waals surface area contributed by atoms with Crippen LogP contribution in [0.1, 0.15) is 44.8 Å². The molecule has 1 heterocycles. The lowest BCUT2D eigenvalue weighted by atomic mass is 9.78. The summed E-state index contributed by atoms with van der Waals surface area (Å²) in [6.45, 7) is 4.41. The molecular weight excluding hydrogens is 222 g/mol. The Balaban J connectivity index is 1.87. The summed E-state index contributed by atoms with van der Waals surface area (Å²) in [6, 6.07) is 0. The van der Waals surface area contributed by atoms with Gasteiger partial charge in [0.25, 0.3) is 0 Å². The molecule has 0 aromatic carbocycles. The van der Waals surface area contributed by atoms with Crippen LogP contribution >= 0.6 is 11.8 Å². The van der Waals surface area contributed by atoms with Crippen LogP contribution in [0, 0.1) is 5.92 Å². The predicted octanol–water partition coefficient (Wildman–Crippen LogP) is 2.30. The standard InChI is InChI=1S/C11H19N3OS/c1-8(2)6-16-7-9-13-10(15-14-9)11(12)4-3-5-11/h8H,3-7,12H2,1-2H3. The third-order valence-corrected chi connectivity index (χ3v) is 4.19. The van der Waals surface area contributed by atoms with Gasteiger partial charge in [0.05, 0.1) is 11.3 Å². The van der Waals surface area contributed by atoms with Gasteiger partial charge in [-0.1, -0.05) is 19.0 Å². The molecule has 0 amide bonds. The van der Waals surface area contributed by atoms with Crippen LogP contribution in [-0.2, 0) is 11.3 Å². The van der Waals surface area contributed by atoms with E-state index in [0.717, 1.165) is 36.6 Å². The maximum Gasteiger partial charge on any atom is 0.246 e. The fourth-order valence-corrected chi connectivity index (χ4v) is 2.56. The van der Waals surface area contributed by atoms with Crippen molar-refractivity contribution in [3.8, 4) is 0 Å². The van der Waals surface area contributed by atoms with Gasteiger partial charge in [0, 0.05) is 0 Å². The second-order valence-electron chi connectivity index (χ2n) is 4.93. The van der Waals surface area contributed by atoms with Crippen molar-refractivity contribution in [2.45, 2.75) is 44.4 Å². The van der Waals surface area contributed by atoms with Crippen molar-refractivity contribution in [2.75, 3.05) is 5.75 Å². The highest BCUT2D eigenvalue weighted by atomic mass is 32.2. The zero-order valence-corrected chi connectivity index (χ0v) is 10.7. The normalized spacial score (nSPS) is 18.8. The highest BCUT2D eigenvalue weighted by Crippen LogP contribution is 2.37. The van der Waals surface area contributed by atoms with Crippen LogP contribution in [-0.4, -0.2) is 15.9 Å². The lowest BCUT2D eigenvalue weighted by Crippen LogP contribution is -2.43. The predicted molar refractivity (Wildman–Crippen MR) is 65.0 cm³/mol. The summed E-state index contributed by atoms with van der Waals surface area (Å²) >= 11 is 1.84. The van der Waals surface area contributed by atoms with Crippen molar-refractivity contribution in [3.05, 3.63) is 11.7 Å². The highest BCUT2D eigenvalue weighted by molar-refractivity contribution is 7.98. The fraction of sp³-hybridized carbons (Fsp3) is 0.818.